The number of amides is 2. The standard InChI is InChI=1S/C17H11FN4O5/c18-13-7-2-1-6-12(13)15-9-14(21-27-15)17(24)20-19-16(23)10-4-3-5-11(8-10)22(25)26/h1-9H,(H,19,23)(H,20,24). The van der Waals surface area contributed by atoms with Crippen LogP contribution in [-0.2, 0) is 0 Å². The molecule has 2 aromatic carbocycles. The van der Waals surface area contributed by atoms with Gasteiger partial charge in [-0.2, -0.15) is 0 Å². The number of non-ortho nitro benzene ring substituents is 1. The minimum atomic E-state index is -0.805. The van der Waals surface area contributed by atoms with Gasteiger partial charge in [0.1, 0.15) is 5.82 Å². The van der Waals surface area contributed by atoms with E-state index in [-0.39, 0.29) is 28.3 Å². The number of nitrogens with one attached hydrogen (secondary N) is 2. The van der Waals surface area contributed by atoms with Crippen LogP contribution in [0.5, 0.6) is 0 Å². The van der Waals surface area contributed by atoms with Crippen LogP contribution in [0.4, 0.5) is 10.1 Å². The lowest BCUT2D eigenvalue weighted by molar-refractivity contribution is -0.384. The van der Waals surface area contributed by atoms with Gasteiger partial charge < -0.3 is 4.52 Å². The zero-order valence-electron chi connectivity index (χ0n) is 13.5. The highest BCUT2D eigenvalue weighted by Crippen LogP contribution is 2.23. The van der Waals surface area contributed by atoms with Crippen molar-refractivity contribution in [2.24, 2.45) is 0 Å². The molecule has 0 atom stereocenters. The van der Waals surface area contributed by atoms with Crippen molar-refractivity contribution in [2.75, 3.05) is 0 Å². The third-order valence-electron chi connectivity index (χ3n) is 3.49. The van der Waals surface area contributed by atoms with E-state index in [0.717, 1.165) is 6.07 Å². The van der Waals surface area contributed by atoms with Crippen LogP contribution in [-0.4, -0.2) is 21.9 Å². The average molecular weight is 370 g/mol. The van der Waals surface area contributed by atoms with E-state index in [0.29, 0.717) is 0 Å². The third kappa shape index (κ3) is 3.95. The molecule has 0 aliphatic carbocycles. The topological polar surface area (TPSA) is 127 Å². The summed E-state index contributed by atoms with van der Waals surface area (Å²) in [5.41, 5.74) is 3.87. The Bertz CT molecular complexity index is 1030. The zero-order chi connectivity index (χ0) is 19.4. The average Bonchev–Trinajstić information content (AvgIpc) is 3.16. The fourth-order valence-corrected chi connectivity index (χ4v) is 2.18. The maximum absolute atomic E-state index is 13.7. The molecule has 1 heterocycles. The number of hydrogen-bond donors (Lipinski definition) is 2. The summed E-state index contributed by atoms with van der Waals surface area (Å²) in [6.45, 7) is 0. The number of nitro groups is 1. The first-order chi connectivity index (χ1) is 13.0. The molecule has 0 fully saturated rings. The molecule has 3 rings (SSSR count). The number of halogens is 1. The van der Waals surface area contributed by atoms with Gasteiger partial charge in [0.15, 0.2) is 11.5 Å². The number of hydrazine groups is 1. The number of nitrogens with zero attached hydrogens (tertiary/aromatic N) is 2. The Morgan fingerprint density at radius 3 is 2.52 bits per heavy atom. The molecule has 9 nitrogen and oxygen atoms in total. The third-order valence-corrected chi connectivity index (χ3v) is 3.49. The van der Waals surface area contributed by atoms with Gasteiger partial charge in [-0.25, -0.2) is 4.39 Å². The minimum Gasteiger partial charge on any atom is -0.355 e. The van der Waals surface area contributed by atoms with Crippen molar-refractivity contribution in [3.8, 4) is 11.3 Å². The van der Waals surface area contributed by atoms with E-state index in [1.54, 1.807) is 6.07 Å². The molecular weight excluding hydrogens is 359 g/mol. The largest absolute Gasteiger partial charge is 0.355 e. The van der Waals surface area contributed by atoms with Crippen molar-refractivity contribution < 1.29 is 23.4 Å². The van der Waals surface area contributed by atoms with E-state index < -0.39 is 22.6 Å². The Morgan fingerprint density at radius 1 is 1.04 bits per heavy atom. The van der Waals surface area contributed by atoms with E-state index in [2.05, 4.69) is 16.0 Å². The first kappa shape index (κ1) is 17.7. The Labute approximate surface area is 150 Å². The highest BCUT2D eigenvalue weighted by atomic mass is 19.1. The molecule has 0 saturated carbocycles. The van der Waals surface area contributed by atoms with Crippen molar-refractivity contribution in [3.05, 3.63) is 81.8 Å². The highest BCUT2D eigenvalue weighted by molar-refractivity contribution is 5.98. The fraction of sp³-hybridized carbons (Fsp3) is 0. The van der Waals surface area contributed by atoms with Crippen molar-refractivity contribution in [2.45, 2.75) is 0 Å². The van der Waals surface area contributed by atoms with Gasteiger partial charge in [-0.15, -0.1) is 0 Å². The summed E-state index contributed by atoms with van der Waals surface area (Å²) in [4.78, 5) is 34.1. The smallest absolute Gasteiger partial charge is 0.291 e. The molecule has 0 unspecified atom stereocenters. The number of nitro benzene ring substituents is 1. The Kier molecular flexibility index (Phi) is 4.88. The normalized spacial score (nSPS) is 10.3. The van der Waals surface area contributed by atoms with Crippen molar-refractivity contribution in [1.82, 2.24) is 16.0 Å². The van der Waals surface area contributed by atoms with E-state index in [1.165, 1.54) is 42.5 Å². The quantitative estimate of drug-likeness (QED) is 0.536. The second-order valence-electron chi connectivity index (χ2n) is 5.27. The molecule has 3 aromatic rings. The van der Waals surface area contributed by atoms with Crippen LogP contribution in [0.15, 0.2) is 59.1 Å². The van der Waals surface area contributed by atoms with Crippen LogP contribution in [0.3, 0.4) is 0 Å². The molecule has 0 radical (unpaired) electrons. The van der Waals surface area contributed by atoms with Gasteiger partial charge in [0.2, 0.25) is 0 Å². The number of benzene rings is 2. The summed E-state index contributed by atoms with van der Waals surface area (Å²) >= 11 is 0. The number of rotatable bonds is 4. The molecule has 0 spiro atoms. The maximum atomic E-state index is 13.7. The maximum Gasteiger partial charge on any atom is 0.291 e. The van der Waals surface area contributed by atoms with E-state index in [4.69, 9.17) is 4.52 Å². The first-order valence-electron chi connectivity index (χ1n) is 7.52. The van der Waals surface area contributed by atoms with Crippen molar-refractivity contribution in [3.63, 3.8) is 0 Å². The number of hydrogen-bond acceptors (Lipinski definition) is 6. The first-order valence-corrected chi connectivity index (χ1v) is 7.52. The van der Waals surface area contributed by atoms with Crippen LogP contribution >= 0.6 is 0 Å². The molecule has 0 aliphatic rings. The van der Waals surface area contributed by atoms with E-state index in [9.17, 15) is 24.1 Å². The molecule has 2 N–H and O–H groups in total. The lowest BCUT2D eigenvalue weighted by atomic mass is 10.1. The second kappa shape index (κ2) is 7.44. The summed E-state index contributed by atoms with van der Waals surface area (Å²) in [5, 5.41) is 14.3. The number of carbonyl (C=O) groups is 2. The monoisotopic (exact) mass is 370 g/mol. The zero-order valence-corrected chi connectivity index (χ0v) is 13.5. The molecule has 136 valence electrons. The Hall–Kier alpha value is -4.08. The van der Waals surface area contributed by atoms with E-state index in [1.807, 2.05) is 0 Å². The lowest BCUT2D eigenvalue weighted by Crippen LogP contribution is -2.41. The van der Waals surface area contributed by atoms with Gasteiger partial charge in [0.05, 0.1) is 10.5 Å². The van der Waals surface area contributed by atoms with Gasteiger partial charge in [0.25, 0.3) is 17.5 Å². The van der Waals surface area contributed by atoms with E-state index >= 15 is 0 Å². The number of aromatic nitrogens is 1. The Balaban J connectivity index is 1.66. The molecule has 2 amide bonds. The molecule has 0 bridgehead atoms. The molecular formula is C17H11FN4O5. The van der Waals surface area contributed by atoms with Crippen LogP contribution in [0.25, 0.3) is 11.3 Å². The van der Waals surface area contributed by atoms with Crippen LogP contribution < -0.4 is 10.9 Å². The van der Waals surface area contributed by atoms with Gasteiger partial charge in [-0.05, 0) is 18.2 Å². The second-order valence-corrected chi connectivity index (χ2v) is 5.27. The van der Waals surface area contributed by atoms with Gasteiger partial charge in [0, 0.05) is 23.8 Å². The van der Waals surface area contributed by atoms with Crippen LogP contribution in [0, 0.1) is 15.9 Å². The highest BCUT2D eigenvalue weighted by Gasteiger charge is 2.17. The summed E-state index contributed by atoms with van der Waals surface area (Å²) in [6.07, 6.45) is 0. The van der Waals surface area contributed by atoms with Crippen LogP contribution in [0.2, 0.25) is 0 Å². The molecule has 10 heteroatoms. The summed E-state index contributed by atoms with van der Waals surface area (Å²) in [7, 11) is 0. The lowest BCUT2D eigenvalue weighted by Gasteiger charge is -2.05. The summed E-state index contributed by atoms with van der Waals surface area (Å²) in [5.74, 6) is -2.06. The van der Waals surface area contributed by atoms with Crippen molar-refractivity contribution >= 4 is 17.5 Å². The fourth-order valence-electron chi connectivity index (χ4n) is 2.18. The molecule has 0 aliphatic heterocycles. The predicted molar refractivity (Wildman–Crippen MR) is 89.9 cm³/mol. The van der Waals surface area contributed by atoms with Gasteiger partial charge >= 0.3 is 0 Å². The summed E-state index contributed by atoms with van der Waals surface area (Å²) < 4.78 is 18.7. The minimum absolute atomic E-state index is 0.0169. The SMILES string of the molecule is O=C(NNC(=O)c1cc(-c2ccccc2F)on1)c1cccc([N+](=O)[O-])c1. The van der Waals surface area contributed by atoms with Crippen LogP contribution in [0.1, 0.15) is 20.8 Å². The molecule has 1 aromatic heterocycles. The predicted octanol–water partition coefficient (Wildman–Crippen LogP) is 2.46. The summed E-state index contributed by atoms with van der Waals surface area (Å²) in [6, 6.07) is 12.0. The Morgan fingerprint density at radius 2 is 1.78 bits per heavy atom. The van der Waals surface area contributed by atoms with Gasteiger partial charge in [-0.3, -0.25) is 30.6 Å². The number of carbonyl (C=O) groups excluding carboxylic acids is 2. The molecule has 0 saturated heterocycles. The van der Waals surface area contributed by atoms with Crippen molar-refractivity contribution in [1.29, 1.82) is 0 Å². The molecule has 27 heavy (non-hydrogen) atoms. The van der Waals surface area contributed by atoms with Gasteiger partial charge in [-0.1, -0.05) is 23.4 Å².